The minimum atomic E-state index is -4.46. The number of alkyl halides is 3. The summed E-state index contributed by atoms with van der Waals surface area (Å²) in [5.41, 5.74) is 5.51. The average molecular weight is 262 g/mol. The number of carbonyl (C=O) groups excluding carboxylic acids is 1. The highest BCUT2D eigenvalue weighted by Crippen LogP contribution is 2.18. The van der Waals surface area contributed by atoms with E-state index in [4.69, 9.17) is 5.73 Å². The number of halogens is 3. The second-order valence-corrected chi connectivity index (χ2v) is 3.61. The van der Waals surface area contributed by atoms with E-state index in [9.17, 15) is 18.0 Å². The SMILES string of the molecule is NC1(NCC(F)(F)F)NC(=O)c2nccnc2N1. The lowest BCUT2D eigenvalue weighted by Gasteiger charge is -2.36. The van der Waals surface area contributed by atoms with Crippen molar-refractivity contribution >= 4 is 11.7 Å². The first-order valence-electron chi connectivity index (χ1n) is 4.81. The van der Waals surface area contributed by atoms with Gasteiger partial charge in [-0.15, -0.1) is 0 Å². The van der Waals surface area contributed by atoms with Crippen LogP contribution in [-0.2, 0) is 0 Å². The van der Waals surface area contributed by atoms with E-state index < -0.39 is 24.5 Å². The molecule has 1 aliphatic heterocycles. The normalized spacial score (nSPS) is 23.0. The Morgan fingerprint density at radius 1 is 1.33 bits per heavy atom. The predicted molar refractivity (Wildman–Crippen MR) is 54.1 cm³/mol. The average Bonchev–Trinajstić information content (AvgIpc) is 2.26. The minimum Gasteiger partial charge on any atom is -0.320 e. The Hall–Kier alpha value is -1.94. The van der Waals surface area contributed by atoms with Crippen molar-refractivity contribution < 1.29 is 18.0 Å². The van der Waals surface area contributed by atoms with E-state index in [-0.39, 0.29) is 11.5 Å². The summed E-state index contributed by atoms with van der Waals surface area (Å²) in [6.07, 6.45) is -1.89. The Balaban J connectivity index is 2.16. The summed E-state index contributed by atoms with van der Waals surface area (Å²) in [7, 11) is 0. The number of nitrogens with two attached hydrogens (primary N) is 1. The van der Waals surface area contributed by atoms with Crippen LogP contribution < -0.4 is 21.7 Å². The number of fused-ring (bicyclic) bond motifs is 1. The number of nitrogens with zero attached hydrogens (tertiary/aromatic N) is 2. The summed E-state index contributed by atoms with van der Waals surface area (Å²) >= 11 is 0. The zero-order chi connectivity index (χ0) is 13.4. The van der Waals surface area contributed by atoms with E-state index in [1.165, 1.54) is 12.4 Å². The molecule has 7 nitrogen and oxygen atoms in total. The van der Waals surface area contributed by atoms with Crippen LogP contribution in [0.2, 0.25) is 0 Å². The fourth-order valence-electron chi connectivity index (χ4n) is 1.38. The summed E-state index contributed by atoms with van der Waals surface area (Å²) < 4.78 is 36.3. The third kappa shape index (κ3) is 2.65. The van der Waals surface area contributed by atoms with Gasteiger partial charge in [0.15, 0.2) is 11.5 Å². The molecular weight excluding hydrogens is 253 g/mol. The van der Waals surface area contributed by atoms with E-state index in [0.717, 1.165) is 0 Å². The van der Waals surface area contributed by atoms with Gasteiger partial charge in [-0.1, -0.05) is 0 Å². The molecular formula is C8H9F3N6O. The molecule has 1 unspecified atom stereocenters. The van der Waals surface area contributed by atoms with E-state index in [1.54, 1.807) is 0 Å². The molecule has 0 saturated carbocycles. The van der Waals surface area contributed by atoms with Gasteiger partial charge in [0, 0.05) is 12.4 Å². The summed E-state index contributed by atoms with van der Waals surface area (Å²) in [6.45, 7) is -1.37. The molecule has 1 amide bonds. The smallest absolute Gasteiger partial charge is 0.320 e. The molecule has 1 aromatic rings. The fraction of sp³-hybridized carbons (Fsp3) is 0.375. The first kappa shape index (κ1) is 12.5. The van der Waals surface area contributed by atoms with Gasteiger partial charge in [0.1, 0.15) is 0 Å². The summed E-state index contributed by atoms with van der Waals surface area (Å²) in [5, 5.41) is 6.52. The second kappa shape index (κ2) is 4.07. The maximum atomic E-state index is 12.1. The molecule has 5 N–H and O–H groups in total. The largest absolute Gasteiger partial charge is 0.401 e. The van der Waals surface area contributed by atoms with E-state index in [2.05, 4.69) is 20.6 Å². The van der Waals surface area contributed by atoms with Crippen molar-refractivity contribution in [3.05, 3.63) is 18.1 Å². The number of nitrogens with one attached hydrogen (secondary N) is 3. The van der Waals surface area contributed by atoms with Gasteiger partial charge in [-0.25, -0.2) is 9.97 Å². The van der Waals surface area contributed by atoms with Crippen molar-refractivity contribution in [1.82, 2.24) is 20.6 Å². The van der Waals surface area contributed by atoms with Crippen molar-refractivity contribution in [2.24, 2.45) is 5.73 Å². The lowest BCUT2D eigenvalue weighted by molar-refractivity contribution is -0.128. The Bertz CT molecular complexity index is 478. The van der Waals surface area contributed by atoms with E-state index in [1.807, 2.05) is 5.32 Å². The Morgan fingerprint density at radius 3 is 2.67 bits per heavy atom. The van der Waals surface area contributed by atoms with Gasteiger partial charge in [-0.3, -0.25) is 15.8 Å². The van der Waals surface area contributed by atoms with Crippen LogP contribution >= 0.6 is 0 Å². The van der Waals surface area contributed by atoms with Crippen LogP contribution in [0.1, 0.15) is 10.5 Å². The molecule has 0 saturated heterocycles. The van der Waals surface area contributed by atoms with Crippen molar-refractivity contribution in [2.45, 2.75) is 12.1 Å². The number of amides is 1. The molecule has 18 heavy (non-hydrogen) atoms. The van der Waals surface area contributed by atoms with Gasteiger partial charge in [0.25, 0.3) is 5.91 Å². The number of aromatic nitrogens is 2. The number of hydrogen-bond acceptors (Lipinski definition) is 6. The first-order valence-corrected chi connectivity index (χ1v) is 4.81. The van der Waals surface area contributed by atoms with Crippen LogP contribution in [0.4, 0.5) is 19.0 Å². The molecule has 0 spiro atoms. The molecule has 0 fully saturated rings. The first-order chi connectivity index (χ1) is 8.29. The number of hydrogen-bond donors (Lipinski definition) is 4. The number of carbonyl (C=O) groups is 1. The highest BCUT2D eigenvalue weighted by atomic mass is 19.4. The van der Waals surface area contributed by atoms with Crippen LogP contribution in [0.15, 0.2) is 12.4 Å². The van der Waals surface area contributed by atoms with Crippen molar-refractivity contribution in [2.75, 3.05) is 11.9 Å². The third-order valence-corrected chi connectivity index (χ3v) is 2.11. The molecule has 2 rings (SSSR count). The van der Waals surface area contributed by atoms with Crippen molar-refractivity contribution in [3.8, 4) is 0 Å². The highest BCUT2D eigenvalue weighted by Gasteiger charge is 2.38. The van der Waals surface area contributed by atoms with Gasteiger partial charge in [-0.05, 0) is 0 Å². The Labute approximate surface area is 99.0 Å². The zero-order valence-corrected chi connectivity index (χ0v) is 8.88. The van der Waals surface area contributed by atoms with Gasteiger partial charge in [0.05, 0.1) is 6.54 Å². The molecule has 2 heterocycles. The summed E-state index contributed by atoms with van der Waals surface area (Å²) in [5.74, 6) is -2.62. The maximum absolute atomic E-state index is 12.1. The van der Waals surface area contributed by atoms with Crippen molar-refractivity contribution in [3.63, 3.8) is 0 Å². The Morgan fingerprint density at radius 2 is 2.00 bits per heavy atom. The number of anilines is 1. The van der Waals surface area contributed by atoms with Crippen LogP contribution in [-0.4, -0.2) is 34.5 Å². The molecule has 1 aliphatic rings. The molecule has 1 atom stereocenters. The predicted octanol–water partition coefficient (Wildman–Crippen LogP) is -0.646. The molecule has 10 heteroatoms. The highest BCUT2D eigenvalue weighted by molar-refractivity contribution is 5.99. The summed E-state index contributed by atoms with van der Waals surface area (Å²) in [4.78, 5) is 19.1. The van der Waals surface area contributed by atoms with Crippen LogP contribution in [0.5, 0.6) is 0 Å². The maximum Gasteiger partial charge on any atom is 0.401 e. The number of rotatable bonds is 2. The van der Waals surface area contributed by atoms with E-state index >= 15 is 0 Å². The van der Waals surface area contributed by atoms with Crippen LogP contribution in [0.3, 0.4) is 0 Å². The van der Waals surface area contributed by atoms with Crippen LogP contribution in [0.25, 0.3) is 0 Å². The summed E-state index contributed by atoms with van der Waals surface area (Å²) in [6, 6.07) is 0. The topological polar surface area (TPSA) is 105 Å². The molecule has 98 valence electrons. The quantitative estimate of drug-likeness (QED) is 0.528. The van der Waals surface area contributed by atoms with Gasteiger partial charge in [-0.2, -0.15) is 13.2 Å². The molecule has 0 aromatic carbocycles. The van der Waals surface area contributed by atoms with Gasteiger partial charge in [0.2, 0.25) is 5.91 Å². The molecule has 0 radical (unpaired) electrons. The molecule has 0 bridgehead atoms. The van der Waals surface area contributed by atoms with Gasteiger partial charge < -0.3 is 10.6 Å². The van der Waals surface area contributed by atoms with Crippen molar-refractivity contribution in [1.29, 1.82) is 0 Å². The lowest BCUT2D eigenvalue weighted by Crippen LogP contribution is -2.73. The van der Waals surface area contributed by atoms with Crippen LogP contribution in [0, 0.1) is 0 Å². The zero-order valence-electron chi connectivity index (χ0n) is 8.88. The Kier molecular flexibility index (Phi) is 2.83. The van der Waals surface area contributed by atoms with Gasteiger partial charge >= 0.3 is 6.18 Å². The third-order valence-electron chi connectivity index (χ3n) is 2.11. The fourth-order valence-corrected chi connectivity index (χ4v) is 1.38. The van der Waals surface area contributed by atoms with E-state index in [0.29, 0.717) is 0 Å². The second-order valence-electron chi connectivity index (χ2n) is 3.61. The monoisotopic (exact) mass is 262 g/mol. The minimum absolute atomic E-state index is 0.0124. The standard InChI is InChI=1S/C8H9F3N6O/c9-7(10,11)3-15-8(12)16-5-4(6(18)17-8)13-1-2-14-5/h1-2,15H,3,12H2,(H,14,16)(H,17,18). The molecule has 0 aliphatic carbocycles. The molecule has 1 aromatic heterocycles. The lowest BCUT2D eigenvalue weighted by atomic mass is 10.3.